The first-order valence-corrected chi connectivity index (χ1v) is 9.54. The molecule has 0 unspecified atom stereocenters. The number of rotatable bonds is 8. The van der Waals surface area contributed by atoms with Gasteiger partial charge in [0.05, 0.1) is 17.7 Å². The number of carbonyl (C=O) groups excluding carboxylic acids is 2. The first kappa shape index (κ1) is 19.7. The number of hydrogen-bond acceptors (Lipinski definition) is 5. The summed E-state index contributed by atoms with van der Waals surface area (Å²) in [6, 6.07) is 8.94. The average molecular weight is 379 g/mol. The first-order valence-electron chi connectivity index (χ1n) is 8.10. The lowest BCUT2D eigenvalue weighted by molar-refractivity contribution is -0.115. The van der Waals surface area contributed by atoms with Crippen molar-refractivity contribution in [3.8, 4) is 0 Å². The number of sulfonamides is 1. The number of carbonyl (C=O) groups is 2. The molecule has 1 aromatic carbocycles. The predicted octanol–water partition coefficient (Wildman–Crippen LogP) is 1.68. The highest BCUT2D eigenvalue weighted by Crippen LogP contribution is 2.18. The van der Waals surface area contributed by atoms with Crippen LogP contribution >= 0.6 is 0 Å². The highest BCUT2D eigenvalue weighted by atomic mass is 32.2. The Bertz CT molecular complexity index is 841. The molecule has 2 N–H and O–H groups in total. The molecular formula is C17H21N3O5S. The molecule has 140 valence electrons. The van der Waals surface area contributed by atoms with Crippen LogP contribution in [0, 0.1) is 0 Å². The Hall–Kier alpha value is -2.65. The lowest BCUT2D eigenvalue weighted by atomic mass is 10.3. The van der Waals surface area contributed by atoms with E-state index in [2.05, 4.69) is 10.6 Å². The van der Waals surface area contributed by atoms with E-state index in [9.17, 15) is 18.0 Å². The third kappa shape index (κ3) is 4.70. The summed E-state index contributed by atoms with van der Waals surface area (Å²) < 4.78 is 31.1. The van der Waals surface area contributed by atoms with E-state index in [-0.39, 0.29) is 17.2 Å². The van der Waals surface area contributed by atoms with Gasteiger partial charge < -0.3 is 15.1 Å². The zero-order chi connectivity index (χ0) is 19.2. The number of nitrogens with zero attached hydrogens (tertiary/aromatic N) is 1. The molecule has 2 rings (SSSR count). The van der Waals surface area contributed by atoms with Gasteiger partial charge in [0.15, 0.2) is 5.76 Å². The van der Waals surface area contributed by atoms with Crippen LogP contribution in [0.15, 0.2) is 52.0 Å². The summed E-state index contributed by atoms with van der Waals surface area (Å²) in [4.78, 5) is 23.7. The fraction of sp³-hybridized carbons (Fsp3) is 0.294. The number of hydrogen-bond donors (Lipinski definition) is 2. The van der Waals surface area contributed by atoms with E-state index in [0.29, 0.717) is 18.8 Å². The average Bonchev–Trinajstić information content (AvgIpc) is 3.16. The fourth-order valence-electron chi connectivity index (χ4n) is 2.28. The molecule has 2 aromatic rings. The van der Waals surface area contributed by atoms with Crippen LogP contribution in [0.1, 0.15) is 24.4 Å². The van der Waals surface area contributed by atoms with Crippen molar-refractivity contribution in [1.82, 2.24) is 9.62 Å². The Kier molecular flexibility index (Phi) is 6.53. The molecule has 0 aliphatic rings. The van der Waals surface area contributed by atoms with E-state index in [1.807, 2.05) is 0 Å². The topological polar surface area (TPSA) is 109 Å². The van der Waals surface area contributed by atoms with Crippen molar-refractivity contribution >= 4 is 27.5 Å². The van der Waals surface area contributed by atoms with Crippen LogP contribution in [0.5, 0.6) is 0 Å². The summed E-state index contributed by atoms with van der Waals surface area (Å²) in [5, 5.41) is 5.01. The van der Waals surface area contributed by atoms with E-state index in [0.717, 1.165) is 0 Å². The van der Waals surface area contributed by atoms with Crippen LogP contribution in [0.3, 0.4) is 0 Å². The van der Waals surface area contributed by atoms with Gasteiger partial charge >= 0.3 is 0 Å². The van der Waals surface area contributed by atoms with Crippen molar-refractivity contribution in [3.05, 3.63) is 48.4 Å². The van der Waals surface area contributed by atoms with Gasteiger partial charge in [-0.25, -0.2) is 8.42 Å². The van der Waals surface area contributed by atoms with Crippen LogP contribution in [0.4, 0.5) is 5.69 Å². The second-order valence-electron chi connectivity index (χ2n) is 5.32. The maximum absolute atomic E-state index is 12.4. The van der Waals surface area contributed by atoms with Crippen LogP contribution < -0.4 is 10.6 Å². The van der Waals surface area contributed by atoms with Crippen LogP contribution in [0.25, 0.3) is 0 Å². The Morgan fingerprint density at radius 1 is 1.08 bits per heavy atom. The largest absolute Gasteiger partial charge is 0.459 e. The molecule has 0 atom stereocenters. The van der Waals surface area contributed by atoms with E-state index < -0.39 is 21.8 Å². The molecule has 8 nitrogen and oxygen atoms in total. The molecule has 1 aromatic heterocycles. The molecule has 0 spiro atoms. The summed E-state index contributed by atoms with van der Waals surface area (Å²) in [6.07, 6.45) is 1.36. The van der Waals surface area contributed by atoms with Crippen molar-refractivity contribution in [3.63, 3.8) is 0 Å². The van der Waals surface area contributed by atoms with Crippen molar-refractivity contribution in [1.29, 1.82) is 0 Å². The van der Waals surface area contributed by atoms with E-state index in [1.165, 1.54) is 40.9 Å². The van der Waals surface area contributed by atoms with E-state index >= 15 is 0 Å². The third-order valence-corrected chi connectivity index (χ3v) is 5.70. The normalized spacial score (nSPS) is 11.3. The van der Waals surface area contributed by atoms with Gasteiger partial charge in [-0.2, -0.15) is 4.31 Å². The van der Waals surface area contributed by atoms with Crippen molar-refractivity contribution in [2.45, 2.75) is 18.7 Å². The Balaban J connectivity index is 1.94. The zero-order valence-electron chi connectivity index (χ0n) is 14.6. The van der Waals surface area contributed by atoms with Gasteiger partial charge in [0.1, 0.15) is 0 Å². The lowest BCUT2D eigenvalue weighted by Crippen LogP contribution is -2.32. The highest BCUT2D eigenvalue weighted by molar-refractivity contribution is 7.89. The molecule has 0 fully saturated rings. The van der Waals surface area contributed by atoms with Crippen LogP contribution in [0.2, 0.25) is 0 Å². The van der Waals surface area contributed by atoms with Gasteiger partial charge in [0, 0.05) is 18.8 Å². The number of benzene rings is 1. The molecule has 1 heterocycles. The highest BCUT2D eigenvalue weighted by Gasteiger charge is 2.21. The number of nitrogens with one attached hydrogen (secondary N) is 2. The summed E-state index contributed by atoms with van der Waals surface area (Å²) in [7, 11) is -3.54. The molecule has 0 saturated heterocycles. The van der Waals surface area contributed by atoms with E-state index in [4.69, 9.17) is 4.42 Å². The van der Waals surface area contributed by atoms with Gasteiger partial charge in [-0.15, -0.1) is 0 Å². The zero-order valence-corrected chi connectivity index (χ0v) is 15.4. The summed E-state index contributed by atoms with van der Waals surface area (Å²) >= 11 is 0. The molecule has 0 radical (unpaired) electrons. The van der Waals surface area contributed by atoms with E-state index in [1.54, 1.807) is 19.9 Å². The number of amides is 2. The monoisotopic (exact) mass is 379 g/mol. The maximum atomic E-state index is 12.4. The van der Waals surface area contributed by atoms with Gasteiger partial charge in [0.2, 0.25) is 15.9 Å². The summed E-state index contributed by atoms with van der Waals surface area (Å²) in [6.45, 7) is 4.07. The van der Waals surface area contributed by atoms with Crippen LogP contribution in [-0.4, -0.2) is 44.2 Å². The number of anilines is 1. The maximum Gasteiger partial charge on any atom is 0.287 e. The second kappa shape index (κ2) is 8.63. The molecule has 0 aliphatic carbocycles. The van der Waals surface area contributed by atoms with Crippen LogP contribution in [-0.2, 0) is 14.8 Å². The smallest absolute Gasteiger partial charge is 0.287 e. The number of furan rings is 1. The Labute approximate surface area is 152 Å². The van der Waals surface area contributed by atoms with Gasteiger partial charge in [-0.05, 0) is 36.4 Å². The van der Waals surface area contributed by atoms with Crippen molar-refractivity contribution in [2.75, 3.05) is 25.0 Å². The quantitative estimate of drug-likeness (QED) is 0.725. The van der Waals surface area contributed by atoms with Gasteiger partial charge in [-0.3, -0.25) is 9.59 Å². The molecule has 0 bridgehead atoms. The van der Waals surface area contributed by atoms with Gasteiger partial charge in [0.25, 0.3) is 5.91 Å². The second-order valence-corrected chi connectivity index (χ2v) is 7.26. The summed E-state index contributed by atoms with van der Waals surface area (Å²) in [5.41, 5.74) is 0.431. The SMILES string of the molecule is CCN(CC)S(=O)(=O)c1ccc(NC(=O)CNC(=O)c2ccco2)cc1. The molecule has 2 amide bonds. The summed E-state index contributed by atoms with van der Waals surface area (Å²) in [5.74, 6) is -0.821. The fourth-order valence-corrected chi connectivity index (χ4v) is 3.74. The minimum Gasteiger partial charge on any atom is -0.459 e. The molecule has 0 saturated carbocycles. The first-order chi connectivity index (χ1) is 12.4. The van der Waals surface area contributed by atoms with Gasteiger partial charge in [-0.1, -0.05) is 13.8 Å². The molecule has 26 heavy (non-hydrogen) atoms. The molecule has 9 heteroatoms. The standard InChI is InChI=1S/C17H21N3O5S/c1-3-20(4-2)26(23,24)14-9-7-13(8-10-14)19-16(21)12-18-17(22)15-6-5-11-25-15/h5-11H,3-4,12H2,1-2H3,(H,18,22)(H,19,21). The molecule has 0 aliphatic heterocycles. The lowest BCUT2D eigenvalue weighted by Gasteiger charge is -2.18. The predicted molar refractivity (Wildman–Crippen MR) is 96.2 cm³/mol. The molecular weight excluding hydrogens is 358 g/mol. The Morgan fingerprint density at radius 3 is 2.27 bits per heavy atom. The van der Waals surface area contributed by atoms with Crippen molar-refractivity contribution in [2.24, 2.45) is 0 Å². The minimum absolute atomic E-state index is 0.115. The Morgan fingerprint density at radius 2 is 1.73 bits per heavy atom. The third-order valence-electron chi connectivity index (χ3n) is 3.64. The van der Waals surface area contributed by atoms with Crippen molar-refractivity contribution < 1.29 is 22.4 Å². The minimum atomic E-state index is -3.54.